The molecule has 0 fully saturated rings. The number of halogens is 1. The largest absolute Gasteiger partial charge is 0.335 e. The third-order valence-electron chi connectivity index (χ3n) is 3.38. The number of aromatic nitrogens is 2. The summed E-state index contributed by atoms with van der Waals surface area (Å²) in [6.07, 6.45) is 0.484. The lowest BCUT2D eigenvalue weighted by Gasteiger charge is -2.21. The van der Waals surface area contributed by atoms with E-state index in [9.17, 15) is 9.59 Å². The molecule has 22 heavy (non-hydrogen) atoms. The molecule has 1 aromatic carbocycles. The van der Waals surface area contributed by atoms with Gasteiger partial charge in [0.25, 0.3) is 5.56 Å². The Morgan fingerprint density at radius 3 is 2.77 bits per heavy atom. The summed E-state index contributed by atoms with van der Waals surface area (Å²) < 4.78 is 0. The summed E-state index contributed by atoms with van der Waals surface area (Å²) in [5.41, 5.74) is 0.322. The number of carbonyl (C=O) groups excluding carboxylic acids is 1. The van der Waals surface area contributed by atoms with Gasteiger partial charge in [0.1, 0.15) is 5.82 Å². The van der Waals surface area contributed by atoms with Crippen molar-refractivity contribution >= 4 is 28.4 Å². The van der Waals surface area contributed by atoms with E-state index in [1.165, 1.54) is 0 Å². The zero-order valence-electron chi connectivity index (χ0n) is 13.0. The number of rotatable bonds is 5. The van der Waals surface area contributed by atoms with Crippen LogP contribution in [0.2, 0.25) is 5.02 Å². The quantitative estimate of drug-likeness (QED) is 0.920. The van der Waals surface area contributed by atoms with Crippen LogP contribution in [0.4, 0.5) is 0 Å². The first-order valence-corrected chi connectivity index (χ1v) is 7.74. The van der Waals surface area contributed by atoms with E-state index < -0.39 is 0 Å². The van der Waals surface area contributed by atoms with E-state index in [0.717, 1.165) is 0 Å². The number of nitrogens with zero attached hydrogens (tertiary/aromatic N) is 2. The number of hydrogen-bond acceptors (Lipinski definition) is 3. The van der Waals surface area contributed by atoms with Crippen molar-refractivity contribution < 1.29 is 4.79 Å². The maximum atomic E-state index is 12.2. The maximum Gasteiger partial charge on any atom is 0.258 e. The minimum atomic E-state index is -0.218. The molecule has 0 aliphatic rings. The van der Waals surface area contributed by atoms with Crippen LogP contribution in [0, 0.1) is 5.92 Å². The number of H-pyrrole nitrogens is 1. The van der Waals surface area contributed by atoms with Gasteiger partial charge in [0.2, 0.25) is 5.91 Å². The fraction of sp³-hybridized carbons (Fsp3) is 0.438. The Morgan fingerprint density at radius 1 is 1.41 bits per heavy atom. The van der Waals surface area contributed by atoms with E-state index in [1.54, 1.807) is 23.1 Å². The SMILES string of the molecule is CCN(Cc1nc2cc(Cl)ccc2c(=O)[nH]1)C(=O)CC(C)C. The van der Waals surface area contributed by atoms with Crippen LogP contribution in [0.15, 0.2) is 23.0 Å². The molecule has 2 aromatic rings. The van der Waals surface area contributed by atoms with Crippen LogP contribution < -0.4 is 5.56 Å². The highest BCUT2D eigenvalue weighted by molar-refractivity contribution is 6.31. The van der Waals surface area contributed by atoms with Gasteiger partial charge in [-0.2, -0.15) is 0 Å². The van der Waals surface area contributed by atoms with E-state index in [0.29, 0.717) is 47.2 Å². The molecule has 0 aliphatic heterocycles. The summed E-state index contributed by atoms with van der Waals surface area (Å²) in [7, 11) is 0. The molecule has 0 bridgehead atoms. The zero-order chi connectivity index (χ0) is 16.3. The van der Waals surface area contributed by atoms with Gasteiger partial charge in [-0.3, -0.25) is 9.59 Å². The number of benzene rings is 1. The molecule has 0 saturated heterocycles. The molecule has 1 heterocycles. The van der Waals surface area contributed by atoms with Gasteiger partial charge in [0.15, 0.2) is 0 Å². The van der Waals surface area contributed by atoms with E-state index in [2.05, 4.69) is 9.97 Å². The van der Waals surface area contributed by atoms with E-state index in [-0.39, 0.29) is 11.5 Å². The predicted octanol–water partition coefficient (Wildman–Crippen LogP) is 2.97. The van der Waals surface area contributed by atoms with Crippen LogP contribution in [-0.2, 0) is 11.3 Å². The first kappa shape index (κ1) is 16.5. The molecule has 0 unspecified atom stereocenters. The minimum Gasteiger partial charge on any atom is -0.335 e. The predicted molar refractivity (Wildman–Crippen MR) is 87.9 cm³/mol. The number of fused-ring (bicyclic) bond motifs is 1. The molecule has 1 amide bonds. The third kappa shape index (κ3) is 3.85. The Kier molecular flexibility index (Phi) is 5.19. The van der Waals surface area contributed by atoms with Gasteiger partial charge in [-0.1, -0.05) is 25.4 Å². The van der Waals surface area contributed by atoms with Crippen molar-refractivity contribution in [1.82, 2.24) is 14.9 Å². The van der Waals surface area contributed by atoms with Gasteiger partial charge in [0, 0.05) is 18.0 Å². The molecule has 0 aliphatic carbocycles. The van der Waals surface area contributed by atoms with E-state index >= 15 is 0 Å². The lowest BCUT2D eigenvalue weighted by Crippen LogP contribution is -2.32. The normalized spacial score (nSPS) is 11.1. The van der Waals surface area contributed by atoms with Gasteiger partial charge in [-0.25, -0.2) is 4.98 Å². The summed E-state index contributed by atoms with van der Waals surface area (Å²) in [5, 5.41) is 1.02. The van der Waals surface area contributed by atoms with Crippen molar-refractivity contribution in [2.75, 3.05) is 6.54 Å². The highest BCUT2D eigenvalue weighted by atomic mass is 35.5. The van der Waals surface area contributed by atoms with Crippen molar-refractivity contribution in [2.45, 2.75) is 33.7 Å². The number of nitrogens with one attached hydrogen (secondary N) is 1. The van der Waals surface area contributed by atoms with Crippen molar-refractivity contribution in [1.29, 1.82) is 0 Å². The Labute approximate surface area is 134 Å². The van der Waals surface area contributed by atoms with Crippen LogP contribution in [0.1, 0.15) is 33.0 Å². The molecule has 0 atom stereocenters. The second-order valence-electron chi connectivity index (χ2n) is 5.68. The van der Waals surface area contributed by atoms with Gasteiger partial charge < -0.3 is 9.88 Å². The van der Waals surface area contributed by atoms with Crippen LogP contribution in [0.5, 0.6) is 0 Å². The summed E-state index contributed by atoms with van der Waals surface area (Å²) in [4.78, 5) is 33.1. The summed E-state index contributed by atoms with van der Waals surface area (Å²) in [6, 6.07) is 4.96. The molecule has 1 N–H and O–H groups in total. The standard InChI is InChI=1S/C16H20ClN3O2/c1-4-20(15(21)7-10(2)3)9-14-18-13-8-11(17)5-6-12(13)16(22)19-14/h5-6,8,10H,4,7,9H2,1-3H3,(H,18,19,22). The Balaban J connectivity index is 2.30. The minimum absolute atomic E-state index is 0.0614. The molecule has 5 nitrogen and oxygen atoms in total. The smallest absolute Gasteiger partial charge is 0.258 e. The molecule has 1 aromatic heterocycles. The van der Waals surface area contributed by atoms with Crippen molar-refractivity contribution in [2.24, 2.45) is 5.92 Å². The Bertz CT molecular complexity index is 740. The topological polar surface area (TPSA) is 66.1 Å². The molecule has 118 valence electrons. The monoisotopic (exact) mass is 321 g/mol. The molecule has 0 radical (unpaired) electrons. The summed E-state index contributed by atoms with van der Waals surface area (Å²) in [5.74, 6) is 0.828. The molecular weight excluding hydrogens is 302 g/mol. The Morgan fingerprint density at radius 2 is 2.14 bits per heavy atom. The second-order valence-corrected chi connectivity index (χ2v) is 6.12. The first-order chi connectivity index (χ1) is 10.4. The van der Waals surface area contributed by atoms with Gasteiger partial charge in [-0.05, 0) is 31.0 Å². The van der Waals surface area contributed by atoms with Gasteiger partial charge >= 0.3 is 0 Å². The van der Waals surface area contributed by atoms with Crippen LogP contribution in [0.3, 0.4) is 0 Å². The number of amides is 1. The van der Waals surface area contributed by atoms with Gasteiger partial charge in [0.05, 0.1) is 17.4 Å². The molecule has 0 spiro atoms. The lowest BCUT2D eigenvalue weighted by molar-refractivity contribution is -0.132. The average molecular weight is 322 g/mol. The molecule has 2 rings (SSSR count). The zero-order valence-corrected chi connectivity index (χ0v) is 13.8. The number of carbonyl (C=O) groups is 1. The number of aromatic amines is 1. The Hall–Kier alpha value is -1.88. The van der Waals surface area contributed by atoms with E-state index in [4.69, 9.17) is 11.6 Å². The van der Waals surface area contributed by atoms with Crippen molar-refractivity contribution in [3.05, 3.63) is 39.4 Å². The van der Waals surface area contributed by atoms with Crippen LogP contribution >= 0.6 is 11.6 Å². The van der Waals surface area contributed by atoms with Crippen molar-refractivity contribution in [3.8, 4) is 0 Å². The third-order valence-corrected chi connectivity index (χ3v) is 3.61. The average Bonchev–Trinajstić information content (AvgIpc) is 2.43. The van der Waals surface area contributed by atoms with Gasteiger partial charge in [-0.15, -0.1) is 0 Å². The highest BCUT2D eigenvalue weighted by Gasteiger charge is 2.15. The summed E-state index contributed by atoms with van der Waals surface area (Å²) >= 11 is 5.95. The summed E-state index contributed by atoms with van der Waals surface area (Å²) in [6.45, 7) is 6.78. The van der Waals surface area contributed by atoms with Crippen molar-refractivity contribution in [3.63, 3.8) is 0 Å². The van der Waals surface area contributed by atoms with Crippen LogP contribution in [-0.4, -0.2) is 27.3 Å². The fourth-order valence-electron chi connectivity index (χ4n) is 2.27. The molecule has 0 saturated carbocycles. The second kappa shape index (κ2) is 6.92. The highest BCUT2D eigenvalue weighted by Crippen LogP contribution is 2.15. The maximum absolute atomic E-state index is 12.2. The van der Waals surface area contributed by atoms with E-state index in [1.807, 2.05) is 20.8 Å². The molecule has 6 heteroatoms. The van der Waals surface area contributed by atoms with Crippen LogP contribution in [0.25, 0.3) is 10.9 Å². The fourth-order valence-corrected chi connectivity index (χ4v) is 2.44. The number of hydrogen-bond donors (Lipinski definition) is 1. The lowest BCUT2D eigenvalue weighted by atomic mass is 10.1. The first-order valence-electron chi connectivity index (χ1n) is 7.37. The molecular formula is C16H20ClN3O2.